The van der Waals surface area contributed by atoms with Crippen LogP contribution in [0.2, 0.25) is 5.02 Å². The molecule has 2 atom stereocenters. The summed E-state index contributed by atoms with van der Waals surface area (Å²) in [6.07, 6.45) is -2.46. The Kier molecular flexibility index (Phi) is 14.8. The van der Waals surface area contributed by atoms with Crippen molar-refractivity contribution in [2.75, 3.05) is 68.9 Å². The van der Waals surface area contributed by atoms with E-state index in [0.717, 1.165) is 30.5 Å². The van der Waals surface area contributed by atoms with E-state index in [1.807, 2.05) is 36.1 Å². The van der Waals surface area contributed by atoms with Crippen LogP contribution >= 0.6 is 11.6 Å². The van der Waals surface area contributed by atoms with Gasteiger partial charge in [0.2, 0.25) is 0 Å². The molecule has 6 aromatic rings. The first kappa shape index (κ1) is 51.2. The molecule has 1 amide bonds. The third-order valence-electron chi connectivity index (χ3n) is 13.2. The molecule has 20 heteroatoms. The Morgan fingerprint density at radius 1 is 0.959 bits per heavy atom. The number of methoxy groups -OCH3 is 2. The number of amides is 1. The molecule has 2 fully saturated rings. The van der Waals surface area contributed by atoms with Crippen molar-refractivity contribution in [3.63, 3.8) is 0 Å². The van der Waals surface area contributed by atoms with Gasteiger partial charge in [0.15, 0.2) is 11.6 Å². The number of pyridine rings is 2. The van der Waals surface area contributed by atoms with Crippen molar-refractivity contribution in [2.45, 2.75) is 90.5 Å². The third-order valence-corrected chi connectivity index (χ3v) is 13.6. The normalized spacial score (nSPS) is 16.6. The van der Waals surface area contributed by atoms with Crippen LogP contribution in [-0.2, 0) is 28.7 Å². The highest BCUT2D eigenvalue weighted by Gasteiger charge is 2.41. The van der Waals surface area contributed by atoms with Crippen LogP contribution in [0, 0.1) is 12.7 Å². The Hall–Kier alpha value is -6.70. The number of aromatic nitrogens is 4. The number of nitrogens with zero attached hydrogens (tertiary/aromatic N) is 7. The van der Waals surface area contributed by atoms with Gasteiger partial charge in [0.25, 0.3) is 0 Å². The van der Waals surface area contributed by atoms with Crippen LogP contribution < -0.4 is 34.1 Å². The minimum absolute atomic E-state index is 0.00433. The van der Waals surface area contributed by atoms with Gasteiger partial charge in [-0.3, -0.25) is 10.2 Å². The predicted molar refractivity (Wildman–Crippen MR) is 269 cm³/mol. The molecular formula is C53H57ClF4N8O7. The fraction of sp³-hybridized carbons (Fsp3) is 0.415. The molecule has 386 valence electrons. The molecule has 0 radical (unpaired) electrons. The fourth-order valence-electron chi connectivity index (χ4n) is 9.59. The summed E-state index contributed by atoms with van der Waals surface area (Å²) in [7, 11) is 3.11. The van der Waals surface area contributed by atoms with Crippen molar-refractivity contribution >= 4 is 46.1 Å². The molecule has 3 aliphatic rings. The van der Waals surface area contributed by atoms with Crippen molar-refractivity contribution < 1.29 is 50.8 Å². The average molecular weight is 1030 g/mol. The summed E-state index contributed by atoms with van der Waals surface area (Å²) in [4.78, 5) is 37.7. The van der Waals surface area contributed by atoms with Crippen LogP contribution in [0.15, 0.2) is 72.9 Å². The summed E-state index contributed by atoms with van der Waals surface area (Å²) in [5, 5.41) is 2.30. The first-order valence-electron chi connectivity index (χ1n) is 24.0. The number of nitrogens with one attached hydrogen (secondary N) is 1. The molecule has 3 aliphatic heterocycles. The molecule has 3 aromatic heterocycles. The minimum Gasteiger partial charge on any atom is -0.497 e. The summed E-state index contributed by atoms with van der Waals surface area (Å²) in [5.74, 6) is 0.371. The maximum atomic E-state index is 18.2. The predicted octanol–water partition coefficient (Wildman–Crippen LogP) is 11.0. The van der Waals surface area contributed by atoms with Gasteiger partial charge in [-0.05, 0) is 107 Å². The highest BCUT2D eigenvalue weighted by atomic mass is 35.5. The molecule has 0 aliphatic carbocycles. The van der Waals surface area contributed by atoms with Gasteiger partial charge in [-0.2, -0.15) is 23.1 Å². The summed E-state index contributed by atoms with van der Waals surface area (Å²) in [5.41, 5.74) is -1.87. The van der Waals surface area contributed by atoms with Crippen molar-refractivity contribution in [1.29, 1.82) is 0 Å². The van der Waals surface area contributed by atoms with Crippen LogP contribution in [0.25, 0.3) is 22.2 Å². The van der Waals surface area contributed by atoms with E-state index in [1.165, 1.54) is 19.2 Å². The first-order chi connectivity index (χ1) is 34.9. The van der Waals surface area contributed by atoms with E-state index in [4.69, 9.17) is 50.0 Å². The Bertz CT molecular complexity index is 2930. The standard InChI is InChI=1S/C53H57ClF4N8O7/c1-30-24-39(64(25-32-12-16-36(68-6)17-13-32)26-33-14-18-37(69-7)19-15-33)60-45(42(30)53(56,57)58)40-43(54)47-41-46(44(40)55)61-50(72-29-34-10-9-21-66(34)35-27-70-28-35)63-49(41)65(22-23-71-47)31(2)38-11-8-20-59-48(38)62-51(67)73-52(3,4)5/h8,11-20,24,31,34-35H,9-10,21-23,25-29H2,1-7H3,(H,59,62,67)/t31-,34+/m1/s1. The lowest BCUT2D eigenvalue weighted by Gasteiger charge is -2.38. The topological polar surface area (TPSA) is 146 Å². The van der Waals surface area contributed by atoms with Crippen LogP contribution in [-0.4, -0.2) is 102 Å². The molecule has 15 nitrogen and oxygen atoms in total. The lowest BCUT2D eigenvalue weighted by molar-refractivity contribution is -0.137. The van der Waals surface area contributed by atoms with Gasteiger partial charge in [0.05, 0.1) is 73.3 Å². The highest BCUT2D eigenvalue weighted by molar-refractivity contribution is 6.36. The van der Waals surface area contributed by atoms with Crippen LogP contribution in [0.4, 0.5) is 39.8 Å². The van der Waals surface area contributed by atoms with Gasteiger partial charge in [0.1, 0.15) is 53.3 Å². The molecule has 2 saturated heterocycles. The number of carbonyl (C=O) groups is 1. The second-order valence-corrected chi connectivity index (χ2v) is 19.7. The van der Waals surface area contributed by atoms with Gasteiger partial charge in [-0.25, -0.2) is 19.2 Å². The molecule has 73 heavy (non-hydrogen) atoms. The molecule has 0 spiro atoms. The van der Waals surface area contributed by atoms with E-state index in [-0.39, 0.29) is 85.1 Å². The Balaban J connectivity index is 1.21. The number of likely N-dealkylation sites (tertiary alicyclic amines) is 1. The Morgan fingerprint density at radius 3 is 2.23 bits per heavy atom. The lowest BCUT2D eigenvalue weighted by Crippen LogP contribution is -2.52. The molecule has 6 heterocycles. The van der Waals surface area contributed by atoms with Gasteiger partial charge in [-0.1, -0.05) is 41.9 Å². The molecule has 1 N–H and O–H groups in total. The molecular weight excluding hydrogens is 972 g/mol. The number of ether oxygens (including phenoxy) is 6. The zero-order chi connectivity index (χ0) is 51.8. The lowest BCUT2D eigenvalue weighted by atomic mass is 9.98. The Labute approximate surface area is 425 Å². The summed E-state index contributed by atoms with van der Waals surface area (Å²) >= 11 is 7.26. The van der Waals surface area contributed by atoms with E-state index < -0.39 is 57.1 Å². The van der Waals surface area contributed by atoms with Crippen molar-refractivity contribution in [2.24, 2.45) is 0 Å². The number of hydrogen-bond acceptors (Lipinski definition) is 14. The number of hydrogen-bond donors (Lipinski definition) is 1. The number of rotatable bonds is 15. The summed E-state index contributed by atoms with van der Waals surface area (Å²) in [6, 6.07) is 18.7. The van der Waals surface area contributed by atoms with Gasteiger partial charge >= 0.3 is 18.3 Å². The van der Waals surface area contributed by atoms with E-state index in [9.17, 15) is 4.79 Å². The number of alkyl halides is 3. The number of benzene rings is 3. The first-order valence-corrected chi connectivity index (χ1v) is 24.4. The van der Waals surface area contributed by atoms with Gasteiger partial charge in [0, 0.05) is 30.9 Å². The summed E-state index contributed by atoms with van der Waals surface area (Å²) in [6.45, 7) is 11.0. The summed E-state index contributed by atoms with van der Waals surface area (Å²) < 4.78 is 99.6. The van der Waals surface area contributed by atoms with Crippen LogP contribution in [0.5, 0.6) is 23.3 Å². The molecule has 0 saturated carbocycles. The van der Waals surface area contributed by atoms with Crippen molar-refractivity contribution in [3.8, 4) is 34.5 Å². The number of anilines is 3. The highest BCUT2D eigenvalue weighted by Crippen LogP contribution is 2.51. The molecule has 3 aromatic carbocycles. The fourth-order valence-corrected chi connectivity index (χ4v) is 9.91. The SMILES string of the molecule is COc1ccc(CN(Cc2ccc(OC)cc2)c2cc(C)c(C(F)(F)F)c(-c3c(Cl)c4c5c(nc(OC[C@@H]6CCCN6C6COC6)nc5c3F)N([C@H](C)c3cccnc3NC(=O)OC(C)(C)C)CCO4)n2)cc1. The molecule has 9 rings (SSSR count). The monoisotopic (exact) mass is 1030 g/mol. The zero-order valence-corrected chi connectivity index (χ0v) is 42.4. The number of carbonyl (C=O) groups excluding carboxylic acids is 1. The van der Waals surface area contributed by atoms with Crippen LogP contribution in [0.3, 0.4) is 0 Å². The van der Waals surface area contributed by atoms with Crippen molar-refractivity contribution in [3.05, 3.63) is 112 Å². The third kappa shape index (κ3) is 11.0. The smallest absolute Gasteiger partial charge is 0.418 e. The average Bonchev–Trinajstić information content (AvgIpc) is 3.69. The van der Waals surface area contributed by atoms with Crippen molar-refractivity contribution in [1.82, 2.24) is 24.8 Å². The van der Waals surface area contributed by atoms with Gasteiger partial charge < -0.3 is 38.2 Å². The second kappa shape index (κ2) is 21.0. The zero-order valence-electron chi connectivity index (χ0n) is 41.6. The largest absolute Gasteiger partial charge is 0.497 e. The second-order valence-electron chi connectivity index (χ2n) is 19.3. The minimum atomic E-state index is -5.02. The number of aryl methyl sites for hydroxylation is 1. The van der Waals surface area contributed by atoms with E-state index >= 15 is 17.6 Å². The van der Waals surface area contributed by atoms with E-state index in [1.54, 1.807) is 76.3 Å². The number of halogens is 5. The Morgan fingerprint density at radius 2 is 1.63 bits per heavy atom. The maximum Gasteiger partial charge on any atom is 0.418 e. The van der Waals surface area contributed by atoms with Crippen LogP contribution in [0.1, 0.15) is 74.4 Å². The molecule has 0 bridgehead atoms. The van der Waals surface area contributed by atoms with E-state index in [0.29, 0.717) is 30.3 Å². The quantitative estimate of drug-likeness (QED) is 0.0974. The van der Waals surface area contributed by atoms with E-state index in [2.05, 4.69) is 20.2 Å². The maximum absolute atomic E-state index is 18.2. The van der Waals surface area contributed by atoms with Gasteiger partial charge in [-0.15, -0.1) is 0 Å². The molecule has 0 unspecified atom stereocenters.